The van der Waals surface area contributed by atoms with Gasteiger partial charge >= 0.3 is 5.97 Å². The summed E-state index contributed by atoms with van der Waals surface area (Å²) in [6.45, 7) is 6.06. The topological polar surface area (TPSA) is 86.8 Å². The third-order valence-electron chi connectivity index (χ3n) is 4.58. The average Bonchev–Trinajstić information content (AvgIpc) is 2.78. The van der Waals surface area contributed by atoms with Crippen LogP contribution in [0.5, 0.6) is 11.5 Å². The number of aryl methyl sites for hydroxylation is 2. The number of anilines is 1. The lowest BCUT2D eigenvalue weighted by Gasteiger charge is -2.14. The van der Waals surface area contributed by atoms with Crippen molar-refractivity contribution < 1.29 is 23.8 Å². The molecule has 0 saturated heterocycles. The standard InChI is InChI=1S/C25H26N2O5/c1-4-30-23(28)16-31-22-9-5-8-21(13-22)27-25(29)20-11-17(2)24(18(3)12-20)32-15-19-7-6-10-26-14-19/h5-14H,4,15-16H2,1-3H3,(H,27,29). The monoisotopic (exact) mass is 434 g/mol. The lowest BCUT2D eigenvalue weighted by atomic mass is 10.0. The van der Waals surface area contributed by atoms with Gasteiger partial charge in [-0.25, -0.2) is 4.79 Å². The van der Waals surface area contributed by atoms with E-state index in [0.29, 0.717) is 30.2 Å². The SMILES string of the molecule is CCOC(=O)COc1cccc(NC(=O)c2cc(C)c(OCc3cccnc3)c(C)c2)c1. The third kappa shape index (κ3) is 6.31. The van der Waals surface area contributed by atoms with Crippen molar-refractivity contribution >= 4 is 17.6 Å². The number of benzene rings is 2. The molecule has 3 aromatic rings. The molecule has 7 heteroatoms. The zero-order chi connectivity index (χ0) is 22.9. The average molecular weight is 434 g/mol. The summed E-state index contributed by atoms with van der Waals surface area (Å²) < 4.78 is 16.2. The molecule has 1 aromatic heterocycles. The van der Waals surface area contributed by atoms with E-state index in [-0.39, 0.29) is 12.5 Å². The molecule has 0 bridgehead atoms. The molecule has 32 heavy (non-hydrogen) atoms. The fraction of sp³-hybridized carbons (Fsp3) is 0.240. The Hall–Kier alpha value is -3.87. The van der Waals surface area contributed by atoms with Crippen LogP contribution in [0.3, 0.4) is 0 Å². The number of nitrogens with one attached hydrogen (secondary N) is 1. The van der Waals surface area contributed by atoms with E-state index >= 15 is 0 Å². The Morgan fingerprint density at radius 2 is 1.78 bits per heavy atom. The van der Waals surface area contributed by atoms with Crippen molar-refractivity contribution in [2.45, 2.75) is 27.4 Å². The predicted molar refractivity (Wildman–Crippen MR) is 121 cm³/mol. The van der Waals surface area contributed by atoms with E-state index in [1.54, 1.807) is 55.7 Å². The van der Waals surface area contributed by atoms with Crippen molar-refractivity contribution in [1.29, 1.82) is 0 Å². The summed E-state index contributed by atoms with van der Waals surface area (Å²) >= 11 is 0. The highest BCUT2D eigenvalue weighted by Gasteiger charge is 2.13. The van der Waals surface area contributed by atoms with Gasteiger partial charge in [0.25, 0.3) is 5.91 Å². The highest BCUT2D eigenvalue weighted by Crippen LogP contribution is 2.26. The van der Waals surface area contributed by atoms with Crippen molar-refractivity contribution in [1.82, 2.24) is 4.98 Å². The van der Waals surface area contributed by atoms with Gasteiger partial charge in [-0.3, -0.25) is 9.78 Å². The fourth-order valence-corrected chi connectivity index (χ4v) is 3.16. The van der Waals surface area contributed by atoms with Crippen molar-refractivity contribution in [3.8, 4) is 11.5 Å². The number of rotatable bonds is 9. The van der Waals surface area contributed by atoms with Gasteiger partial charge in [0.15, 0.2) is 6.61 Å². The number of ether oxygens (including phenoxy) is 3. The Morgan fingerprint density at radius 1 is 1.00 bits per heavy atom. The maximum Gasteiger partial charge on any atom is 0.344 e. The van der Waals surface area contributed by atoms with Gasteiger partial charge in [0.05, 0.1) is 6.61 Å². The number of hydrogen-bond acceptors (Lipinski definition) is 6. The molecule has 0 unspecified atom stereocenters. The molecule has 1 heterocycles. The smallest absolute Gasteiger partial charge is 0.344 e. The van der Waals surface area contributed by atoms with Crippen LogP contribution in [0.4, 0.5) is 5.69 Å². The molecule has 0 aliphatic rings. The number of amides is 1. The molecule has 0 saturated carbocycles. The molecular weight excluding hydrogens is 408 g/mol. The van der Waals surface area contributed by atoms with Crippen LogP contribution in [-0.4, -0.2) is 30.1 Å². The van der Waals surface area contributed by atoms with Crippen LogP contribution in [0.15, 0.2) is 60.9 Å². The molecule has 0 aliphatic carbocycles. The van der Waals surface area contributed by atoms with Gasteiger partial charge in [0, 0.05) is 35.3 Å². The van der Waals surface area contributed by atoms with E-state index in [9.17, 15) is 9.59 Å². The minimum Gasteiger partial charge on any atom is -0.488 e. The van der Waals surface area contributed by atoms with Crippen LogP contribution in [0.2, 0.25) is 0 Å². The summed E-state index contributed by atoms with van der Waals surface area (Å²) in [5.41, 5.74) is 3.78. The Balaban J connectivity index is 1.65. The zero-order valence-electron chi connectivity index (χ0n) is 18.4. The fourth-order valence-electron chi connectivity index (χ4n) is 3.16. The van der Waals surface area contributed by atoms with E-state index in [1.807, 2.05) is 26.0 Å². The van der Waals surface area contributed by atoms with E-state index in [0.717, 1.165) is 22.4 Å². The highest BCUT2D eigenvalue weighted by atomic mass is 16.6. The van der Waals surface area contributed by atoms with Crippen LogP contribution in [0, 0.1) is 13.8 Å². The minimum atomic E-state index is -0.446. The zero-order valence-corrected chi connectivity index (χ0v) is 18.4. The number of pyridine rings is 1. The highest BCUT2D eigenvalue weighted by molar-refractivity contribution is 6.04. The number of nitrogens with zero attached hydrogens (tertiary/aromatic N) is 1. The Bertz CT molecular complexity index is 1060. The molecule has 2 aromatic carbocycles. The van der Waals surface area contributed by atoms with Gasteiger partial charge in [-0.15, -0.1) is 0 Å². The first-order valence-electron chi connectivity index (χ1n) is 10.3. The molecule has 0 radical (unpaired) electrons. The second-order valence-electron chi connectivity index (χ2n) is 7.16. The van der Waals surface area contributed by atoms with Crippen molar-refractivity contribution in [2.75, 3.05) is 18.5 Å². The maximum absolute atomic E-state index is 12.8. The second kappa shape index (κ2) is 10.9. The summed E-state index contributed by atoms with van der Waals surface area (Å²) in [5.74, 6) is 0.512. The Morgan fingerprint density at radius 3 is 2.47 bits per heavy atom. The summed E-state index contributed by atoms with van der Waals surface area (Å²) in [4.78, 5) is 28.3. The Labute approximate surface area is 187 Å². The molecule has 0 atom stereocenters. The first kappa shape index (κ1) is 22.8. The molecule has 3 rings (SSSR count). The molecule has 1 amide bonds. The van der Waals surface area contributed by atoms with Gasteiger partial charge in [-0.2, -0.15) is 0 Å². The predicted octanol–water partition coefficient (Wildman–Crippen LogP) is 4.47. The van der Waals surface area contributed by atoms with Crippen LogP contribution < -0.4 is 14.8 Å². The van der Waals surface area contributed by atoms with Crippen LogP contribution in [0.25, 0.3) is 0 Å². The summed E-state index contributed by atoms with van der Waals surface area (Å²) in [6, 6.07) is 14.2. The molecule has 0 spiro atoms. The van der Waals surface area contributed by atoms with Crippen molar-refractivity contribution in [2.24, 2.45) is 0 Å². The molecular formula is C25H26N2O5. The summed E-state index contributed by atoms with van der Waals surface area (Å²) in [6.07, 6.45) is 3.48. The normalized spacial score (nSPS) is 10.3. The molecule has 0 aliphatic heterocycles. The third-order valence-corrected chi connectivity index (χ3v) is 4.58. The number of carbonyl (C=O) groups excluding carboxylic acids is 2. The largest absolute Gasteiger partial charge is 0.488 e. The second-order valence-corrected chi connectivity index (χ2v) is 7.16. The lowest BCUT2D eigenvalue weighted by Crippen LogP contribution is -2.15. The van der Waals surface area contributed by atoms with E-state index in [2.05, 4.69) is 10.3 Å². The van der Waals surface area contributed by atoms with E-state index < -0.39 is 5.97 Å². The summed E-state index contributed by atoms with van der Waals surface area (Å²) in [5, 5.41) is 2.86. The minimum absolute atomic E-state index is 0.190. The number of esters is 1. The van der Waals surface area contributed by atoms with E-state index in [4.69, 9.17) is 14.2 Å². The number of carbonyl (C=O) groups is 2. The van der Waals surface area contributed by atoms with Gasteiger partial charge < -0.3 is 19.5 Å². The molecule has 7 nitrogen and oxygen atoms in total. The van der Waals surface area contributed by atoms with Gasteiger partial charge in [-0.05, 0) is 62.2 Å². The van der Waals surface area contributed by atoms with Crippen molar-refractivity contribution in [3.05, 3.63) is 83.2 Å². The molecule has 0 fully saturated rings. The van der Waals surface area contributed by atoms with Gasteiger partial charge in [0.2, 0.25) is 0 Å². The van der Waals surface area contributed by atoms with Crippen molar-refractivity contribution in [3.63, 3.8) is 0 Å². The first-order chi connectivity index (χ1) is 15.5. The van der Waals surface area contributed by atoms with Crippen LogP contribution in [-0.2, 0) is 16.1 Å². The van der Waals surface area contributed by atoms with E-state index in [1.165, 1.54) is 0 Å². The first-order valence-corrected chi connectivity index (χ1v) is 10.3. The lowest BCUT2D eigenvalue weighted by molar-refractivity contribution is -0.145. The summed E-state index contributed by atoms with van der Waals surface area (Å²) in [7, 11) is 0. The van der Waals surface area contributed by atoms with Crippen LogP contribution >= 0.6 is 0 Å². The van der Waals surface area contributed by atoms with Gasteiger partial charge in [0.1, 0.15) is 18.1 Å². The molecule has 1 N–H and O–H groups in total. The van der Waals surface area contributed by atoms with Crippen LogP contribution in [0.1, 0.15) is 34.0 Å². The maximum atomic E-state index is 12.8. The van der Waals surface area contributed by atoms with Gasteiger partial charge in [-0.1, -0.05) is 12.1 Å². The number of hydrogen-bond donors (Lipinski definition) is 1. The molecule has 166 valence electrons. The number of aromatic nitrogens is 1. The quantitative estimate of drug-likeness (QED) is 0.500. The Kier molecular flexibility index (Phi) is 7.80.